The first-order valence-corrected chi connectivity index (χ1v) is 6.09. The fraction of sp³-hybridized carbons (Fsp3) is 0.455. The Morgan fingerprint density at radius 2 is 2.19 bits per heavy atom. The summed E-state index contributed by atoms with van der Waals surface area (Å²) in [7, 11) is 3.91. The normalized spacial score (nSPS) is 13.0. The van der Waals surface area contributed by atoms with E-state index in [1.165, 1.54) is 11.3 Å². The first-order chi connectivity index (χ1) is 7.63. The van der Waals surface area contributed by atoms with Crippen LogP contribution in [0.1, 0.15) is 28.0 Å². The van der Waals surface area contributed by atoms with Crippen molar-refractivity contribution in [2.45, 2.75) is 19.9 Å². The molecule has 16 heavy (non-hydrogen) atoms. The molecular formula is C11H16N4S. The van der Waals surface area contributed by atoms with Crippen LogP contribution in [0, 0.1) is 13.8 Å². The van der Waals surface area contributed by atoms with Gasteiger partial charge in [0.2, 0.25) is 0 Å². The molecule has 0 aliphatic rings. The van der Waals surface area contributed by atoms with E-state index in [2.05, 4.69) is 27.7 Å². The van der Waals surface area contributed by atoms with Crippen LogP contribution in [0.15, 0.2) is 11.6 Å². The molecule has 0 aliphatic carbocycles. The third-order valence-electron chi connectivity index (χ3n) is 2.76. The zero-order chi connectivity index (χ0) is 11.7. The van der Waals surface area contributed by atoms with Gasteiger partial charge in [-0.3, -0.25) is 4.68 Å². The predicted octanol–water partition coefficient (Wildman–Crippen LogP) is 1.80. The molecule has 4 nitrogen and oxygen atoms in total. The average Bonchev–Trinajstić information content (AvgIpc) is 2.81. The number of thiazole rings is 1. The zero-order valence-corrected chi connectivity index (χ0v) is 10.8. The summed E-state index contributed by atoms with van der Waals surface area (Å²) in [4.78, 5) is 4.53. The summed E-state index contributed by atoms with van der Waals surface area (Å²) >= 11 is 1.68. The molecule has 1 unspecified atom stereocenters. The van der Waals surface area contributed by atoms with Crippen molar-refractivity contribution in [1.82, 2.24) is 20.1 Å². The van der Waals surface area contributed by atoms with E-state index in [0.717, 1.165) is 10.7 Å². The first kappa shape index (κ1) is 11.3. The Kier molecular flexibility index (Phi) is 3.07. The lowest BCUT2D eigenvalue weighted by Crippen LogP contribution is -2.18. The molecule has 0 saturated carbocycles. The summed E-state index contributed by atoms with van der Waals surface area (Å²) in [5.41, 5.74) is 3.44. The van der Waals surface area contributed by atoms with Crippen LogP contribution in [-0.4, -0.2) is 21.8 Å². The Morgan fingerprint density at radius 3 is 2.62 bits per heavy atom. The molecule has 0 amide bonds. The van der Waals surface area contributed by atoms with Gasteiger partial charge in [0.25, 0.3) is 0 Å². The largest absolute Gasteiger partial charge is 0.307 e. The highest BCUT2D eigenvalue weighted by Gasteiger charge is 2.19. The molecule has 2 aromatic heterocycles. The molecule has 86 valence electrons. The number of nitrogens with zero attached hydrogens (tertiary/aromatic N) is 3. The Balaban J connectivity index is 2.40. The van der Waals surface area contributed by atoms with Crippen LogP contribution in [-0.2, 0) is 7.05 Å². The number of nitrogens with one attached hydrogen (secondary N) is 1. The fourth-order valence-electron chi connectivity index (χ4n) is 1.72. The summed E-state index contributed by atoms with van der Waals surface area (Å²) < 4.78 is 1.89. The smallest absolute Gasteiger partial charge is 0.114 e. The highest BCUT2D eigenvalue weighted by atomic mass is 32.1. The van der Waals surface area contributed by atoms with Crippen molar-refractivity contribution in [3.8, 4) is 0 Å². The van der Waals surface area contributed by atoms with Crippen molar-refractivity contribution >= 4 is 11.3 Å². The van der Waals surface area contributed by atoms with Crippen molar-refractivity contribution in [3.63, 3.8) is 0 Å². The third-order valence-corrected chi connectivity index (χ3v) is 3.78. The Morgan fingerprint density at radius 1 is 1.44 bits per heavy atom. The highest BCUT2D eigenvalue weighted by molar-refractivity contribution is 7.09. The number of rotatable bonds is 3. The molecule has 0 aliphatic heterocycles. The molecule has 2 aromatic rings. The van der Waals surface area contributed by atoms with Gasteiger partial charge in [-0.1, -0.05) is 0 Å². The Bertz CT molecular complexity index is 486. The highest BCUT2D eigenvalue weighted by Crippen LogP contribution is 2.26. The molecule has 1 atom stereocenters. The summed E-state index contributed by atoms with van der Waals surface area (Å²) in [6.45, 7) is 4.09. The monoisotopic (exact) mass is 236 g/mol. The van der Waals surface area contributed by atoms with Crippen molar-refractivity contribution in [2.24, 2.45) is 7.05 Å². The van der Waals surface area contributed by atoms with E-state index >= 15 is 0 Å². The van der Waals surface area contributed by atoms with Crippen LogP contribution in [0.4, 0.5) is 0 Å². The van der Waals surface area contributed by atoms with Gasteiger partial charge < -0.3 is 5.32 Å². The number of hydrogen-bond donors (Lipinski definition) is 1. The first-order valence-electron chi connectivity index (χ1n) is 5.21. The van der Waals surface area contributed by atoms with Crippen LogP contribution >= 0.6 is 11.3 Å². The number of aromatic nitrogens is 3. The van der Waals surface area contributed by atoms with E-state index in [1.54, 1.807) is 11.3 Å². The Labute approximate surface area is 99.3 Å². The van der Waals surface area contributed by atoms with Crippen molar-refractivity contribution in [1.29, 1.82) is 0 Å². The van der Waals surface area contributed by atoms with Crippen molar-refractivity contribution < 1.29 is 0 Å². The van der Waals surface area contributed by atoms with Gasteiger partial charge in [0.1, 0.15) is 5.01 Å². The Hall–Kier alpha value is -1.20. The van der Waals surface area contributed by atoms with E-state index in [1.807, 2.05) is 31.9 Å². The lowest BCUT2D eigenvalue weighted by atomic mass is 10.1. The minimum atomic E-state index is 0.146. The van der Waals surface area contributed by atoms with Gasteiger partial charge in [-0.05, 0) is 20.9 Å². The number of hydrogen-bond acceptors (Lipinski definition) is 4. The standard InChI is InChI=1S/C11H16N4S/c1-7-6-16-11(14-7)10(12-3)9-5-13-15(4)8(9)2/h5-6,10,12H,1-4H3. The molecule has 0 radical (unpaired) electrons. The van der Waals surface area contributed by atoms with Crippen LogP contribution in [0.3, 0.4) is 0 Å². The minimum Gasteiger partial charge on any atom is -0.307 e. The van der Waals surface area contributed by atoms with Gasteiger partial charge in [0, 0.05) is 29.4 Å². The molecule has 0 saturated heterocycles. The average molecular weight is 236 g/mol. The van der Waals surface area contributed by atoms with Gasteiger partial charge in [-0.15, -0.1) is 11.3 Å². The third kappa shape index (κ3) is 1.88. The van der Waals surface area contributed by atoms with Gasteiger partial charge in [0.05, 0.1) is 12.2 Å². The molecule has 2 rings (SSSR count). The summed E-state index contributed by atoms with van der Waals surface area (Å²) in [5, 5.41) is 10.7. The molecular weight excluding hydrogens is 220 g/mol. The van der Waals surface area contributed by atoms with E-state index in [9.17, 15) is 0 Å². The van der Waals surface area contributed by atoms with Crippen molar-refractivity contribution in [3.05, 3.63) is 33.5 Å². The lowest BCUT2D eigenvalue weighted by molar-refractivity contribution is 0.673. The van der Waals surface area contributed by atoms with E-state index in [-0.39, 0.29) is 6.04 Å². The molecule has 1 N–H and O–H groups in total. The van der Waals surface area contributed by atoms with Gasteiger partial charge in [-0.25, -0.2) is 4.98 Å². The second kappa shape index (κ2) is 4.35. The van der Waals surface area contributed by atoms with Gasteiger partial charge >= 0.3 is 0 Å². The zero-order valence-electron chi connectivity index (χ0n) is 9.98. The summed E-state index contributed by atoms with van der Waals surface area (Å²) in [5.74, 6) is 0. The van der Waals surface area contributed by atoms with Crippen LogP contribution in [0.2, 0.25) is 0 Å². The molecule has 5 heteroatoms. The van der Waals surface area contributed by atoms with Crippen molar-refractivity contribution in [2.75, 3.05) is 7.05 Å². The van der Waals surface area contributed by atoms with E-state index < -0.39 is 0 Å². The van der Waals surface area contributed by atoms with Crippen LogP contribution < -0.4 is 5.32 Å². The lowest BCUT2D eigenvalue weighted by Gasteiger charge is -2.12. The molecule has 2 heterocycles. The fourth-order valence-corrected chi connectivity index (χ4v) is 2.64. The van der Waals surface area contributed by atoms with Crippen LogP contribution in [0.25, 0.3) is 0 Å². The summed E-state index contributed by atoms with van der Waals surface area (Å²) in [6.07, 6.45) is 1.91. The minimum absolute atomic E-state index is 0.146. The molecule has 0 spiro atoms. The SMILES string of the molecule is CNC(c1nc(C)cs1)c1cnn(C)c1C. The topological polar surface area (TPSA) is 42.7 Å². The molecule has 0 aromatic carbocycles. The maximum Gasteiger partial charge on any atom is 0.114 e. The maximum atomic E-state index is 4.53. The maximum absolute atomic E-state index is 4.53. The van der Waals surface area contributed by atoms with Gasteiger partial charge in [-0.2, -0.15) is 5.10 Å². The summed E-state index contributed by atoms with van der Waals surface area (Å²) in [6, 6.07) is 0.146. The van der Waals surface area contributed by atoms with Crippen LogP contribution in [0.5, 0.6) is 0 Å². The van der Waals surface area contributed by atoms with E-state index in [0.29, 0.717) is 0 Å². The number of aryl methyl sites for hydroxylation is 2. The molecule has 0 bridgehead atoms. The molecule has 0 fully saturated rings. The van der Waals surface area contributed by atoms with Gasteiger partial charge in [0.15, 0.2) is 0 Å². The second-order valence-electron chi connectivity index (χ2n) is 3.86. The van der Waals surface area contributed by atoms with E-state index in [4.69, 9.17) is 0 Å². The predicted molar refractivity (Wildman–Crippen MR) is 65.7 cm³/mol. The quantitative estimate of drug-likeness (QED) is 0.883. The second-order valence-corrected chi connectivity index (χ2v) is 4.75.